The SMILES string of the molecule is COc1ccc(CC(=O)OC2CN(c3nc4ccccc4s3)C2)cc1OC. The van der Waals surface area contributed by atoms with Crippen molar-refractivity contribution in [3.8, 4) is 11.5 Å². The summed E-state index contributed by atoms with van der Waals surface area (Å²) < 4.78 is 17.2. The first-order valence-electron chi connectivity index (χ1n) is 8.67. The van der Waals surface area contributed by atoms with Crippen molar-refractivity contribution in [2.75, 3.05) is 32.2 Å². The van der Waals surface area contributed by atoms with Gasteiger partial charge in [0.1, 0.15) is 6.10 Å². The van der Waals surface area contributed by atoms with E-state index in [9.17, 15) is 4.79 Å². The van der Waals surface area contributed by atoms with Gasteiger partial charge in [-0.05, 0) is 29.8 Å². The van der Waals surface area contributed by atoms with E-state index in [-0.39, 0.29) is 18.5 Å². The fourth-order valence-electron chi connectivity index (χ4n) is 3.05. The quantitative estimate of drug-likeness (QED) is 0.608. The summed E-state index contributed by atoms with van der Waals surface area (Å²) in [6.45, 7) is 1.36. The Morgan fingerprint density at radius 2 is 1.93 bits per heavy atom. The van der Waals surface area contributed by atoms with Crippen molar-refractivity contribution < 1.29 is 19.0 Å². The molecule has 7 heteroatoms. The second-order valence-corrected chi connectivity index (χ2v) is 7.36. The van der Waals surface area contributed by atoms with Crippen LogP contribution in [0.25, 0.3) is 10.2 Å². The van der Waals surface area contributed by atoms with Crippen molar-refractivity contribution in [1.82, 2.24) is 4.98 Å². The predicted molar refractivity (Wildman–Crippen MR) is 105 cm³/mol. The van der Waals surface area contributed by atoms with Gasteiger partial charge in [-0.25, -0.2) is 4.98 Å². The zero-order chi connectivity index (χ0) is 18.8. The van der Waals surface area contributed by atoms with Gasteiger partial charge >= 0.3 is 5.97 Å². The number of para-hydroxylation sites is 1. The van der Waals surface area contributed by atoms with Crippen molar-refractivity contribution in [3.63, 3.8) is 0 Å². The van der Waals surface area contributed by atoms with E-state index >= 15 is 0 Å². The Morgan fingerprint density at radius 3 is 2.67 bits per heavy atom. The third-order valence-corrected chi connectivity index (χ3v) is 5.59. The van der Waals surface area contributed by atoms with Crippen LogP contribution in [0, 0.1) is 0 Å². The lowest BCUT2D eigenvalue weighted by Gasteiger charge is -2.38. The van der Waals surface area contributed by atoms with Gasteiger partial charge in [0.2, 0.25) is 0 Å². The number of carbonyl (C=O) groups excluding carboxylic acids is 1. The smallest absolute Gasteiger partial charge is 0.310 e. The van der Waals surface area contributed by atoms with Crippen molar-refractivity contribution in [3.05, 3.63) is 48.0 Å². The summed E-state index contributed by atoms with van der Waals surface area (Å²) in [5.74, 6) is 1.00. The molecule has 1 aliphatic heterocycles. The van der Waals surface area contributed by atoms with Crippen LogP contribution in [0.15, 0.2) is 42.5 Å². The minimum atomic E-state index is -0.240. The molecule has 0 bridgehead atoms. The first-order chi connectivity index (χ1) is 13.2. The molecule has 140 valence electrons. The van der Waals surface area contributed by atoms with Crippen LogP contribution in [0.3, 0.4) is 0 Å². The third-order valence-electron chi connectivity index (χ3n) is 4.50. The van der Waals surface area contributed by atoms with Gasteiger partial charge in [0.25, 0.3) is 0 Å². The molecule has 3 aromatic rings. The average Bonchev–Trinajstić information content (AvgIpc) is 3.07. The molecule has 27 heavy (non-hydrogen) atoms. The Kier molecular flexibility index (Phi) is 4.85. The number of hydrogen-bond donors (Lipinski definition) is 0. The number of nitrogens with zero attached hydrogens (tertiary/aromatic N) is 2. The van der Waals surface area contributed by atoms with E-state index in [1.807, 2.05) is 24.3 Å². The lowest BCUT2D eigenvalue weighted by molar-refractivity contribution is -0.149. The van der Waals surface area contributed by atoms with Gasteiger partial charge in [0, 0.05) is 0 Å². The van der Waals surface area contributed by atoms with E-state index in [1.165, 1.54) is 4.70 Å². The molecular weight excluding hydrogens is 364 g/mol. The molecule has 1 aliphatic rings. The van der Waals surface area contributed by atoms with Gasteiger partial charge in [-0.15, -0.1) is 0 Å². The topological polar surface area (TPSA) is 60.9 Å². The molecule has 0 radical (unpaired) electrons. The van der Waals surface area contributed by atoms with E-state index in [2.05, 4.69) is 16.0 Å². The highest BCUT2D eigenvalue weighted by Crippen LogP contribution is 2.32. The molecule has 0 N–H and O–H groups in total. The van der Waals surface area contributed by atoms with Gasteiger partial charge < -0.3 is 19.1 Å². The number of benzene rings is 2. The van der Waals surface area contributed by atoms with E-state index in [0.29, 0.717) is 24.6 Å². The molecule has 2 aromatic carbocycles. The fourth-order valence-corrected chi connectivity index (χ4v) is 4.03. The Labute approximate surface area is 161 Å². The summed E-state index contributed by atoms with van der Waals surface area (Å²) in [4.78, 5) is 19.0. The van der Waals surface area contributed by atoms with Gasteiger partial charge in [-0.2, -0.15) is 0 Å². The Morgan fingerprint density at radius 1 is 1.15 bits per heavy atom. The molecule has 6 nitrogen and oxygen atoms in total. The maximum Gasteiger partial charge on any atom is 0.310 e. The molecule has 0 saturated carbocycles. The highest BCUT2D eigenvalue weighted by atomic mass is 32.1. The summed E-state index contributed by atoms with van der Waals surface area (Å²) in [6.07, 6.45) is 0.113. The summed E-state index contributed by atoms with van der Waals surface area (Å²) in [5.41, 5.74) is 1.84. The van der Waals surface area contributed by atoms with Crippen molar-refractivity contribution >= 4 is 32.7 Å². The van der Waals surface area contributed by atoms with Crippen LogP contribution in [0.4, 0.5) is 5.13 Å². The first-order valence-corrected chi connectivity index (χ1v) is 9.49. The van der Waals surface area contributed by atoms with Crippen LogP contribution < -0.4 is 14.4 Å². The summed E-state index contributed by atoms with van der Waals surface area (Å²) in [5, 5.41) is 0.975. The standard InChI is InChI=1S/C20H20N2O4S/c1-24-16-8-7-13(9-17(16)25-2)10-19(23)26-14-11-22(12-14)20-21-15-5-3-4-6-18(15)27-20/h3-9,14H,10-12H2,1-2H3. The van der Waals surface area contributed by atoms with E-state index in [4.69, 9.17) is 14.2 Å². The molecule has 1 saturated heterocycles. The monoisotopic (exact) mass is 384 g/mol. The number of fused-ring (bicyclic) bond motifs is 1. The second-order valence-electron chi connectivity index (χ2n) is 6.35. The zero-order valence-electron chi connectivity index (χ0n) is 15.2. The first kappa shape index (κ1) is 17.6. The van der Waals surface area contributed by atoms with Gasteiger partial charge in [-0.3, -0.25) is 4.79 Å². The molecule has 0 unspecified atom stereocenters. The van der Waals surface area contributed by atoms with Crippen molar-refractivity contribution in [1.29, 1.82) is 0 Å². The summed E-state index contributed by atoms with van der Waals surface area (Å²) in [7, 11) is 3.16. The van der Waals surface area contributed by atoms with Gasteiger partial charge in [0.15, 0.2) is 16.6 Å². The molecule has 4 rings (SSSR count). The lowest BCUT2D eigenvalue weighted by atomic mass is 10.1. The molecule has 1 aromatic heterocycles. The highest BCUT2D eigenvalue weighted by molar-refractivity contribution is 7.22. The summed E-state index contributed by atoms with van der Waals surface area (Å²) >= 11 is 1.66. The van der Waals surface area contributed by atoms with E-state index < -0.39 is 0 Å². The number of thiazole rings is 1. The predicted octanol–water partition coefficient (Wildman–Crippen LogP) is 3.29. The van der Waals surface area contributed by atoms with Gasteiger partial charge in [0.05, 0.1) is 43.9 Å². The normalized spacial score (nSPS) is 14.1. The fraction of sp³-hybridized carbons (Fsp3) is 0.300. The number of ether oxygens (including phenoxy) is 3. The second kappa shape index (κ2) is 7.44. The Bertz CT molecular complexity index is 933. The number of esters is 1. The molecular formula is C20H20N2O4S. The number of anilines is 1. The molecule has 0 atom stereocenters. The average molecular weight is 384 g/mol. The van der Waals surface area contributed by atoms with Crippen molar-refractivity contribution in [2.45, 2.75) is 12.5 Å². The lowest BCUT2D eigenvalue weighted by Crippen LogP contribution is -2.53. The van der Waals surface area contributed by atoms with Crippen LogP contribution in [-0.2, 0) is 16.0 Å². The van der Waals surface area contributed by atoms with Crippen LogP contribution in [0.1, 0.15) is 5.56 Å². The Balaban J connectivity index is 1.31. The van der Waals surface area contributed by atoms with Crippen LogP contribution >= 0.6 is 11.3 Å². The molecule has 0 amide bonds. The largest absolute Gasteiger partial charge is 0.493 e. The molecule has 1 fully saturated rings. The minimum Gasteiger partial charge on any atom is -0.493 e. The maximum atomic E-state index is 12.2. The number of aromatic nitrogens is 1. The van der Waals surface area contributed by atoms with Crippen LogP contribution in [-0.4, -0.2) is 44.4 Å². The van der Waals surface area contributed by atoms with Crippen LogP contribution in [0.5, 0.6) is 11.5 Å². The zero-order valence-corrected chi connectivity index (χ0v) is 16.0. The number of hydrogen-bond acceptors (Lipinski definition) is 7. The molecule has 0 spiro atoms. The Hall–Kier alpha value is -2.80. The van der Waals surface area contributed by atoms with Crippen molar-refractivity contribution in [2.24, 2.45) is 0 Å². The highest BCUT2D eigenvalue weighted by Gasteiger charge is 2.32. The molecule has 2 heterocycles. The van der Waals surface area contributed by atoms with Crippen LogP contribution in [0.2, 0.25) is 0 Å². The maximum absolute atomic E-state index is 12.2. The number of rotatable bonds is 6. The number of carbonyl (C=O) groups is 1. The number of methoxy groups -OCH3 is 2. The van der Waals surface area contributed by atoms with Gasteiger partial charge in [-0.1, -0.05) is 29.5 Å². The third kappa shape index (κ3) is 3.68. The van der Waals surface area contributed by atoms with E-state index in [1.54, 1.807) is 37.7 Å². The minimum absolute atomic E-state index is 0.0929. The summed E-state index contributed by atoms with van der Waals surface area (Å²) in [6, 6.07) is 13.5. The molecule has 0 aliphatic carbocycles. The van der Waals surface area contributed by atoms with E-state index in [0.717, 1.165) is 16.2 Å².